The normalized spacial score (nSPS) is 13.8. The predicted octanol–water partition coefficient (Wildman–Crippen LogP) is 2.98. The number of nitrogens with zero attached hydrogens (tertiary/aromatic N) is 1. The molecule has 0 saturated carbocycles. The van der Waals surface area contributed by atoms with E-state index in [0.717, 1.165) is 53.8 Å². The lowest BCUT2D eigenvalue weighted by atomic mass is 9.94. The minimum absolute atomic E-state index is 0.228. The van der Waals surface area contributed by atoms with Crippen LogP contribution in [0.5, 0.6) is 0 Å². The summed E-state index contributed by atoms with van der Waals surface area (Å²) in [5, 5.41) is 0. The predicted molar refractivity (Wildman–Crippen MR) is 96.5 cm³/mol. The Hall–Kier alpha value is -2.40. The van der Waals surface area contributed by atoms with Gasteiger partial charge in [0.2, 0.25) is 5.91 Å². The maximum absolute atomic E-state index is 12.2. The number of ketones is 1. The van der Waals surface area contributed by atoms with Crippen molar-refractivity contribution in [3.8, 4) is 5.69 Å². The highest BCUT2D eigenvalue weighted by Gasteiger charge is 2.24. The zero-order chi connectivity index (χ0) is 18.0. The topological polar surface area (TPSA) is 74.3 Å². The van der Waals surface area contributed by atoms with Crippen molar-refractivity contribution >= 4 is 11.7 Å². The van der Waals surface area contributed by atoms with Gasteiger partial charge in [0.05, 0.1) is 0 Å². The Balaban J connectivity index is 2.03. The third-order valence-electron chi connectivity index (χ3n) is 4.82. The van der Waals surface area contributed by atoms with E-state index in [2.05, 4.69) is 4.57 Å². The molecule has 2 aromatic rings. The van der Waals surface area contributed by atoms with Crippen molar-refractivity contribution in [3.05, 3.63) is 52.3 Å². The number of benzene rings is 1. The third-order valence-corrected chi connectivity index (χ3v) is 4.82. The summed E-state index contributed by atoms with van der Waals surface area (Å²) in [6.45, 7) is 2.62. The second-order valence-electron chi connectivity index (χ2n) is 6.58. The molecular formula is C20H24N2O3. The quantitative estimate of drug-likeness (QED) is 0.822. The van der Waals surface area contributed by atoms with E-state index in [-0.39, 0.29) is 5.78 Å². The van der Waals surface area contributed by atoms with Gasteiger partial charge in [-0.25, -0.2) is 0 Å². The van der Waals surface area contributed by atoms with Gasteiger partial charge in [0, 0.05) is 48.8 Å². The molecule has 0 atom stereocenters. The summed E-state index contributed by atoms with van der Waals surface area (Å²) in [7, 11) is 1.66. The van der Waals surface area contributed by atoms with Gasteiger partial charge >= 0.3 is 0 Å². The van der Waals surface area contributed by atoms with E-state index in [0.29, 0.717) is 18.6 Å². The number of methoxy groups -OCH3 is 1. The number of nitrogens with two attached hydrogens (primary N) is 1. The van der Waals surface area contributed by atoms with Gasteiger partial charge in [-0.15, -0.1) is 0 Å². The average molecular weight is 340 g/mol. The Kier molecular flexibility index (Phi) is 5.04. The second-order valence-corrected chi connectivity index (χ2v) is 6.58. The van der Waals surface area contributed by atoms with Crippen LogP contribution in [-0.4, -0.2) is 30.0 Å². The maximum Gasteiger partial charge on any atom is 0.248 e. The monoisotopic (exact) mass is 340 g/mol. The summed E-state index contributed by atoms with van der Waals surface area (Å²) in [6, 6.07) is 5.69. The van der Waals surface area contributed by atoms with Crippen LogP contribution in [0.25, 0.3) is 5.69 Å². The molecular weight excluding hydrogens is 316 g/mol. The van der Waals surface area contributed by atoms with Crippen LogP contribution in [0.2, 0.25) is 0 Å². The first-order valence-electron chi connectivity index (χ1n) is 8.69. The highest BCUT2D eigenvalue weighted by molar-refractivity contribution is 6.00. The molecule has 0 unspecified atom stereocenters. The molecule has 1 aliphatic rings. The van der Waals surface area contributed by atoms with Crippen molar-refractivity contribution in [1.82, 2.24) is 4.57 Å². The average Bonchev–Trinajstić information content (AvgIpc) is 2.93. The molecule has 0 radical (unpaired) electrons. The molecule has 1 aromatic carbocycles. The fourth-order valence-corrected chi connectivity index (χ4v) is 3.67. The summed E-state index contributed by atoms with van der Waals surface area (Å²) in [6.07, 6.45) is 5.97. The Morgan fingerprint density at radius 1 is 1.32 bits per heavy atom. The first-order valence-corrected chi connectivity index (χ1v) is 8.69. The Bertz CT molecular complexity index is 821. The number of ether oxygens (including phenoxy) is 1. The molecule has 1 heterocycles. The van der Waals surface area contributed by atoms with Gasteiger partial charge in [-0.2, -0.15) is 0 Å². The highest BCUT2D eigenvalue weighted by Crippen LogP contribution is 2.29. The van der Waals surface area contributed by atoms with Crippen molar-refractivity contribution in [3.63, 3.8) is 0 Å². The smallest absolute Gasteiger partial charge is 0.248 e. The van der Waals surface area contributed by atoms with Gasteiger partial charge in [0.15, 0.2) is 5.78 Å². The molecule has 0 fully saturated rings. The Morgan fingerprint density at radius 3 is 2.84 bits per heavy atom. The molecule has 5 nitrogen and oxygen atoms in total. The lowest BCUT2D eigenvalue weighted by Crippen LogP contribution is -2.15. The number of hydrogen-bond acceptors (Lipinski definition) is 3. The van der Waals surface area contributed by atoms with Crippen LogP contribution in [0.1, 0.15) is 56.8 Å². The first-order chi connectivity index (χ1) is 12.0. The van der Waals surface area contributed by atoms with Crippen LogP contribution >= 0.6 is 0 Å². The Labute approximate surface area is 147 Å². The zero-order valence-corrected chi connectivity index (χ0v) is 14.8. The maximum atomic E-state index is 12.2. The standard InChI is InChI=1S/C20H24N2O3/c1-13-12-22(17-6-3-7-18(23)19(13)17)15-8-9-16(20(21)24)14(11-15)5-4-10-25-2/h8-9,11-12H,3-7,10H2,1-2H3,(H2,21,24). The van der Waals surface area contributed by atoms with Crippen LogP contribution in [0.4, 0.5) is 0 Å². The number of hydrogen-bond donors (Lipinski definition) is 1. The second kappa shape index (κ2) is 7.23. The molecule has 1 amide bonds. The molecule has 2 N–H and O–H groups in total. The molecule has 1 aromatic heterocycles. The first kappa shape index (κ1) is 17.4. The zero-order valence-electron chi connectivity index (χ0n) is 14.8. The van der Waals surface area contributed by atoms with Gasteiger partial charge < -0.3 is 15.0 Å². The minimum atomic E-state index is -0.417. The van der Waals surface area contributed by atoms with Crippen LogP contribution < -0.4 is 5.73 Å². The van der Waals surface area contributed by atoms with Gasteiger partial charge in [-0.1, -0.05) is 0 Å². The lowest BCUT2D eigenvalue weighted by molar-refractivity contribution is 0.0969. The van der Waals surface area contributed by atoms with Crippen molar-refractivity contribution in [2.24, 2.45) is 5.73 Å². The third kappa shape index (κ3) is 3.37. The van der Waals surface area contributed by atoms with Crippen LogP contribution in [0.15, 0.2) is 24.4 Å². The van der Waals surface area contributed by atoms with Gasteiger partial charge in [-0.3, -0.25) is 9.59 Å². The number of carbonyl (C=O) groups is 2. The van der Waals surface area contributed by atoms with Gasteiger partial charge in [0.1, 0.15) is 0 Å². The number of aromatic nitrogens is 1. The lowest BCUT2D eigenvalue weighted by Gasteiger charge is -2.17. The molecule has 1 aliphatic carbocycles. The van der Waals surface area contributed by atoms with E-state index in [1.807, 2.05) is 25.3 Å². The van der Waals surface area contributed by atoms with Crippen molar-refractivity contribution < 1.29 is 14.3 Å². The van der Waals surface area contributed by atoms with Crippen LogP contribution in [0.3, 0.4) is 0 Å². The Morgan fingerprint density at radius 2 is 2.12 bits per heavy atom. The molecule has 0 aliphatic heterocycles. The SMILES string of the molecule is COCCCc1cc(-n2cc(C)c3c2CCCC3=O)ccc1C(N)=O. The molecule has 25 heavy (non-hydrogen) atoms. The number of rotatable bonds is 6. The van der Waals surface area contributed by atoms with Crippen LogP contribution in [0, 0.1) is 6.92 Å². The number of aryl methyl sites for hydroxylation is 2. The molecule has 0 spiro atoms. The van der Waals surface area contributed by atoms with Gasteiger partial charge in [0.25, 0.3) is 0 Å². The van der Waals surface area contributed by atoms with Crippen molar-refractivity contribution in [2.45, 2.75) is 39.0 Å². The molecule has 5 heteroatoms. The molecule has 0 saturated heterocycles. The largest absolute Gasteiger partial charge is 0.385 e. The highest BCUT2D eigenvalue weighted by atomic mass is 16.5. The summed E-state index contributed by atoms with van der Waals surface area (Å²) >= 11 is 0. The number of fused-ring (bicyclic) bond motifs is 1. The van der Waals surface area contributed by atoms with Crippen LogP contribution in [-0.2, 0) is 17.6 Å². The molecule has 0 bridgehead atoms. The van der Waals surface area contributed by atoms with E-state index in [9.17, 15) is 9.59 Å². The fourth-order valence-electron chi connectivity index (χ4n) is 3.67. The van der Waals surface area contributed by atoms with E-state index >= 15 is 0 Å². The minimum Gasteiger partial charge on any atom is -0.385 e. The number of carbonyl (C=O) groups excluding carboxylic acids is 2. The fraction of sp³-hybridized carbons (Fsp3) is 0.400. The van der Waals surface area contributed by atoms with E-state index in [1.165, 1.54) is 0 Å². The summed E-state index contributed by atoms with van der Waals surface area (Å²) in [4.78, 5) is 24.0. The van der Waals surface area contributed by atoms with E-state index in [1.54, 1.807) is 13.2 Å². The van der Waals surface area contributed by atoms with E-state index in [4.69, 9.17) is 10.5 Å². The number of amides is 1. The number of Topliss-reactive ketones (excluding diaryl/α,β-unsaturated/α-hetero) is 1. The molecule has 132 valence electrons. The summed E-state index contributed by atoms with van der Waals surface area (Å²) < 4.78 is 7.20. The van der Waals surface area contributed by atoms with Crippen molar-refractivity contribution in [1.29, 1.82) is 0 Å². The summed E-state index contributed by atoms with van der Waals surface area (Å²) in [5.41, 5.74) is 10.9. The molecule has 3 rings (SSSR count). The number of primary amides is 1. The van der Waals surface area contributed by atoms with E-state index < -0.39 is 5.91 Å². The summed E-state index contributed by atoms with van der Waals surface area (Å²) in [5.74, 6) is -0.188. The van der Waals surface area contributed by atoms with Gasteiger partial charge in [-0.05, 0) is 61.9 Å². The van der Waals surface area contributed by atoms with Crippen molar-refractivity contribution in [2.75, 3.05) is 13.7 Å².